The predicted octanol–water partition coefficient (Wildman–Crippen LogP) is 3.27. The van der Waals surface area contributed by atoms with Crippen LogP contribution in [0.15, 0.2) is 22.8 Å². The number of nitrogens with one attached hydrogen (secondary N) is 1. The van der Waals surface area contributed by atoms with E-state index in [1.54, 1.807) is 28.4 Å². The molecule has 0 spiro atoms. The lowest BCUT2D eigenvalue weighted by atomic mass is 10.1. The summed E-state index contributed by atoms with van der Waals surface area (Å²) in [5.74, 6) is 0.125. The van der Waals surface area contributed by atoms with Crippen molar-refractivity contribution in [2.24, 2.45) is 0 Å². The van der Waals surface area contributed by atoms with Gasteiger partial charge in [0, 0.05) is 31.1 Å². The van der Waals surface area contributed by atoms with E-state index in [1.807, 2.05) is 6.92 Å². The molecule has 1 unspecified atom stereocenters. The molecule has 3 heterocycles. The van der Waals surface area contributed by atoms with Gasteiger partial charge in [-0.05, 0) is 50.3 Å². The molecule has 1 saturated heterocycles. The van der Waals surface area contributed by atoms with Crippen LogP contribution in [0.5, 0.6) is 0 Å². The maximum atomic E-state index is 12.9. The minimum atomic E-state index is -0.334. The molecule has 4 rings (SSSR count). The second-order valence-electron chi connectivity index (χ2n) is 7.85. The van der Waals surface area contributed by atoms with Gasteiger partial charge < -0.3 is 14.6 Å². The van der Waals surface area contributed by atoms with Crippen LogP contribution in [-0.2, 0) is 17.6 Å². The Bertz CT molecular complexity index is 952. The molecule has 0 saturated carbocycles. The van der Waals surface area contributed by atoms with Gasteiger partial charge in [0.15, 0.2) is 5.76 Å². The average molecular weight is 427 g/mol. The number of hydrogen-bond acceptors (Lipinski definition) is 6. The molecule has 1 aliphatic carbocycles. The first-order valence-corrected chi connectivity index (χ1v) is 11.3. The van der Waals surface area contributed by atoms with E-state index in [-0.39, 0.29) is 17.9 Å². The standard InChI is InChI=1S/C22H26N4O3S/c1-15(25-9-11-26(12-10-25)22(28)18-7-5-13-29-18)20(27)24-21-17(14-23)16-6-3-2-4-8-19(16)30-21/h5,7,13,15H,2-4,6,8-12H2,1H3,(H,24,27). The van der Waals surface area contributed by atoms with Crippen LogP contribution in [0, 0.1) is 11.3 Å². The number of anilines is 1. The van der Waals surface area contributed by atoms with E-state index in [4.69, 9.17) is 4.42 Å². The van der Waals surface area contributed by atoms with Gasteiger partial charge in [0.05, 0.1) is 17.9 Å². The van der Waals surface area contributed by atoms with Crippen LogP contribution in [0.25, 0.3) is 0 Å². The summed E-state index contributed by atoms with van der Waals surface area (Å²) in [7, 11) is 0. The fourth-order valence-corrected chi connectivity index (χ4v) is 5.44. The van der Waals surface area contributed by atoms with Crippen LogP contribution in [-0.4, -0.2) is 53.8 Å². The van der Waals surface area contributed by atoms with Crippen LogP contribution in [0.3, 0.4) is 0 Å². The van der Waals surface area contributed by atoms with Crippen molar-refractivity contribution >= 4 is 28.2 Å². The highest BCUT2D eigenvalue weighted by atomic mass is 32.1. The third kappa shape index (κ3) is 4.13. The van der Waals surface area contributed by atoms with E-state index in [9.17, 15) is 14.9 Å². The molecule has 0 aromatic carbocycles. The zero-order valence-electron chi connectivity index (χ0n) is 17.1. The Kier molecular flexibility index (Phi) is 6.21. The number of hydrogen-bond donors (Lipinski definition) is 1. The zero-order chi connectivity index (χ0) is 21.1. The van der Waals surface area contributed by atoms with Crippen molar-refractivity contribution < 1.29 is 14.0 Å². The Morgan fingerprint density at radius 1 is 1.20 bits per heavy atom. The second-order valence-corrected chi connectivity index (χ2v) is 8.96. The summed E-state index contributed by atoms with van der Waals surface area (Å²) >= 11 is 1.56. The third-order valence-electron chi connectivity index (χ3n) is 6.03. The molecule has 1 aliphatic heterocycles. The van der Waals surface area contributed by atoms with E-state index in [0.29, 0.717) is 42.5 Å². The van der Waals surface area contributed by atoms with E-state index >= 15 is 0 Å². The minimum absolute atomic E-state index is 0.103. The predicted molar refractivity (Wildman–Crippen MR) is 115 cm³/mol. The molecule has 7 nitrogen and oxygen atoms in total. The molecule has 158 valence electrons. The molecular formula is C22H26N4O3S. The molecule has 1 N–H and O–H groups in total. The first kappa shape index (κ1) is 20.6. The van der Waals surface area contributed by atoms with Crippen LogP contribution < -0.4 is 5.32 Å². The molecule has 2 aromatic heterocycles. The number of furan rings is 1. The number of rotatable bonds is 4. The number of piperazine rings is 1. The molecule has 8 heteroatoms. The SMILES string of the molecule is CC(C(=O)Nc1sc2c(c1C#N)CCCCC2)N1CCN(C(=O)c2ccco2)CC1. The Morgan fingerprint density at radius 2 is 1.97 bits per heavy atom. The van der Waals surface area contributed by atoms with Gasteiger partial charge in [0.25, 0.3) is 5.91 Å². The topological polar surface area (TPSA) is 89.6 Å². The van der Waals surface area contributed by atoms with Gasteiger partial charge in [-0.3, -0.25) is 14.5 Å². The highest BCUT2D eigenvalue weighted by molar-refractivity contribution is 7.16. The Labute approximate surface area is 180 Å². The lowest BCUT2D eigenvalue weighted by Gasteiger charge is -2.37. The normalized spacial score (nSPS) is 18.2. The first-order valence-electron chi connectivity index (χ1n) is 10.5. The zero-order valence-corrected chi connectivity index (χ0v) is 18.0. The average Bonchev–Trinajstić information content (AvgIpc) is 3.35. The van der Waals surface area contributed by atoms with Crippen molar-refractivity contribution in [1.82, 2.24) is 9.80 Å². The first-order chi connectivity index (χ1) is 14.6. The van der Waals surface area contributed by atoms with Crippen molar-refractivity contribution in [3.05, 3.63) is 40.2 Å². The maximum absolute atomic E-state index is 12.9. The number of fused-ring (bicyclic) bond motifs is 1. The van der Waals surface area contributed by atoms with Crippen molar-refractivity contribution in [3.8, 4) is 6.07 Å². The molecule has 1 atom stereocenters. The van der Waals surface area contributed by atoms with Crippen molar-refractivity contribution in [1.29, 1.82) is 5.26 Å². The summed E-state index contributed by atoms with van der Waals surface area (Å²) in [6, 6.07) is 5.35. The summed E-state index contributed by atoms with van der Waals surface area (Å²) in [6.07, 6.45) is 6.85. The van der Waals surface area contributed by atoms with E-state index in [2.05, 4.69) is 16.3 Å². The van der Waals surface area contributed by atoms with Crippen molar-refractivity contribution in [3.63, 3.8) is 0 Å². The quantitative estimate of drug-likeness (QED) is 0.758. The van der Waals surface area contributed by atoms with E-state index in [0.717, 1.165) is 31.2 Å². The summed E-state index contributed by atoms with van der Waals surface area (Å²) in [6.45, 7) is 4.21. The number of nitriles is 1. The fraction of sp³-hybridized carbons (Fsp3) is 0.500. The van der Waals surface area contributed by atoms with Gasteiger partial charge in [-0.2, -0.15) is 5.26 Å². The molecule has 30 heavy (non-hydrogen) atoms. The smallest absolute Gasteiger partial charge is 0.289 e. The Hall–Kier alpha value is -2.63. The van der Waals surface area contributed by atoms with Crippen LogP contribution >= 0.6 is 11.3 Å². The monoisotopic (exact) mass is 426 g/mol. The van der Waals surface area contributed by atoms with Crippen molar-refractivity contribution in [2.75, 3.05) is 31.5 Å². The fourth-order valence-electron chi connectivity index (χ4n) is 4.20. The number of aryl methyl sites for hydroxylation is 1. The van der Waals surface area contributed by atoms with Gasteiger partial charge >= 0.3 is 0 Å². The van der Waals surface area contributed by atoms with Gasteiger partial charge in [-0.15, -0.1) is 11.3 Å². The molecule has 0 bridgehead atoms. The highest BCUT2D eigenvalue weighted by Gasteiger charge is 2.30. The van der Waals surface area contributed by atoms with Gasteiger partial charge in [0.2, 0.25) is 5.91 Å². The highest BCUT2D eigenvalue weighted by Crippen LogP contribution is 2.37. The maximum Gasteiger partial charge on any atom is 0.289 e. The lowest BCUT2D eigenvalue weighted by molar-refractivity contribution is -0.121. The summed E-state index contributed by atoms with van der Waals surface area (Å²) in [5.41, 5.74) is 1.78. The van der Waals surface area contributed by atoms with E-state index in [1.165, 1.54) is 17.6 Å². The molecule has 2 aromatic rings. The van der Waals surface area contributed by atoms with Gasteiger partial charge in [-0.1, -0.05) is 6.42 Å². The summed E-state index contributed by atoms with van der Waals surface area (Å²) in [5, 5.41) is 13.4. The minimum Gasteiger partial charge on any atom is -0.459 e. The van der Waals surface area contributed by atoms with E-state index < -0.39 is 0 Å². The van der Waals surface area contributed by atoms with Crippen LogP contribution in [0.4, 0.5) is 5.00 Å². The molecule has 2 amide bonds. The van der Waals surface area contributed by atoms with Crippen LogP contribution in [0.2, 0.25) is 0 Å². The largest absolute Gasteiger partial charge is 0.459 e. The molecule has 1 fully saturated rings. The lowest BCUT2D eigenvalue weighted by Crippen LogP contribution is -2.54. The Morgan fingerprint density at radius 3 is 2.67 bits per heavy atom. The van der Waals surface area contributed by atoms with Crippen molar-refractivity contribution in [2.45, 2.75) is 45.1 Å². The Balaban J connectivity index is 1.37. The molecule has 0 radical (unpaired) electrons. The molecule has 2 aliphatic rings. The summed E-state index contributed by atoms with van der Waals surface area (Å²) < 4.78 is 5.20. The number of amides is 2. The number of thiophene rings is 1. The number of carbonyl (C=O) groups is 2. The summed E-state index contributed by atoms with van der Waals surface area (Å²) in [4.78, 5) is 30.4. The number of carbonyl (C=O) groups excluding carboxylic acids is 2. The number of nitrogens with zero attached hydrogens (tertiary/aromatic N) is 3. The molecular weight excluding hydrogens is 400 g/mol. The third-order valence-corrected chi connectivity index (χ3v) is 7.24. The van der Waals surface area contributed by atoms with Gasteiger partial charge in [0.1, 0.15) is 11.1 Å². The van der Waals surface area contributed by atoms with Crippen LogP contribution in [0.1, 0.15) is 52.7 Å². The second kappa shape index (κ2) is 9.02. The van der Waals surface area contributed by atoms with Gasteiger partial charge in [-0.25, -0.2) is 0 Å².